The van der Waals surface area contributed by atoms with Crippen LogP contribution in [-0.4, -0.2) is 22.4 Å². The van der Waals surface area contributed by atoms with Crippen molar-refractivity contribution in [3.05, 3.63) is 45.6 Å². The zero-order chi connectivity index (χ0) is 18.3. The number of benzene rings is 2. The normalized spacial score (nSPS) is 11.0. The van der Waals surface area contributed by atoms with Crippen molar-refractivity contribution in [2.75, 3.05) is 7.11 Å². The summed E-state index contributed by atoms with van der Waals surface area (Å²) in [5.41, 5.74) is 0.991. The van der Waals surface area contributed by atoms with E-state index in [0.29, 0.717) is 17.7 Å². The number of methoxy groups -OCH3 is 1. The zero-order valence-electron chi connectivity index (χ0n) is 14.1. The molecule has 1 aromatic heterocycles. The van der Waals surface area contributed by atoms with Crippen LogP contribution in [-0.2, 0) is 6.42 Å². The number of rotatable bonds is 3. The van der Waals surface area contributed by atoms with Crippen molar-refractivity contribution in [3.63, 3.8) is 0 Å². The summed E-state index contributed by atoms with van der Waals surface area (Å²) in [6.45, 7) is 3.87. The lowest BCUT2D eigenvalue weighted by molar-refractivity contribution is 0.403. The molecule has 2 aromatic carbocycles. The predicted molar refractivity (Wildman–Crippen MR) is 94.7 cm³/mol. The van der Waals surface area contributed by atoms with Gasteiger partial charge in [0.2, 0.25) is 5.43 Å². The first-order valence-electron chi connectivity index (χ1n) is 7.68. The van der Waals surface area contributed by atoms with Gasteiger partial charge in [-0.3, -0.25) is 4.79 Å². The molecule has 0 saturated carbocycles. The number of aromatic hydroxyl groups is 3. The predicted octanol–water partition coefficient (Wildman–Crippen LogP) is 3.58. The largest absolute Gasteiger partial charge is 0.507 e. The fourth-order valence-corrected chi connectivity index (χ4v) is 2.79. The number of hydrogen-bond donors (Lipinski definition) is 3. The molecule has 0 fully saturated rings. The second kappa shape index (κ2) is 6.05. The molecule has 3 N–H and O–H groups in total. The van der Waals surface area contributed by atoms with Crippen LogP contribution >= 0.6 is 0 Å². The minimum absolute atomic E-state index is 0.0636. The first-order chi connectivity index (χ1) is 11.8. The summed E-state index contributed by atoms with van der Waals surface area (Å²) in [6.07, 6.45) is 2.34. The van der Waals surface area contributed by atoms with Crippen molar-refractivity contribution in [2.45, 2.75) is 20.3 Å². The van der Waals surface area contributed by atoms with Crippen molar-refractivity contribution in [3.8, 4) is 23.0 Å². The van der Waals surface area contributed by atoms with Crippen molar-refractivity contribution in [1.82, 2.24) is 0 Å². The van der Waals surface area contributed by atoms with E-state index in [-0.39, 0.29) is 39.2 Å². The van der Waals surface area contributed by atoms with E-state index in [1.54, 1.807) is 0 Å². The molecule has 25 heavy (non-hydrogen) atoms. The van der Waals surface area contributed by atoms with Crippen LogP contribution in [0.4, 0.5) is 0 Å². The van der Waals surface area contributed by atoms with Crippen LogP contribution in [0.15, 0.2) is 39.1 Å². The summed E-state index contributed by atoms with van der Waals surface area (Å²) in [5.74, 6) is -0.553. The molecule has 0 radical (unpaired) electrons. The highest BCUT2D eigenvalue weighted by Gasteiger charge is 2.21. The van der Waals surface area contributed by atoms with Crippen LogP contribution in [0.1, 0.15) is 19.4 Å². The third-order valence-corrected chi connectivity index (χ3v) is 4.03. The van der Waals surface area contributed by atoms with Crippen LogP contribution in [0.3, 0.4) is 0 Å². The molecule has 1 heterocycles. The molecule has 3 aromatic rings. The Morgan fingerprint density at radius 2 is 1.72 bits per heavy atom. The Balaban J connectivity index is 2.54. The van der Waals surface area contributed by atoms with Gasteiger partial charge in [-0.15, -0.1) is 0 Å². The van der Waals surface area contributed by atoms with Gasteiger partial charge in [0.25, 0.3) is 0 Å². The molecule has 0 aliphatic rings. The van der Waals surface area contributed by atoms with Gasteiger partial charge < -0.3 is 24.5 Å². The number of phenols is 3. The monoisotopic (exact) mass is 342 g/mol. The molecule has 6 heteroatoms. The summed E-state index contributed by atoms with van der Waals surface area (Å²) in [7, 11) is 1.45. The highest BCUT2D eigenvalue weighted by molar-refractivity contribution is 5.99. The van der Waals surface area contributed by atoms with E-state index in [1.165, 1.54) is 25.3 Å². The molecule has 3 rings (SSSR count). The van der Waals surface area contributed by atoms with Gasteiger partial charge in [0, 0.05) is 11.6 Å². The van der Waals surface area contributed by atoms with Gasteiger partial charge >= 0.3 is 0 Å². The first kappa shape index (κ1) is 16.7. The molecule has 0 aliphatic heterocycles. The Labute approximate surface area is 143 Å². The van der Waals surface area contributed by atoms with Gasteiger partial charge in [-0.05, 0) is 32.4 Å². The Hall–Kier alpha value is -3.15. The molecule has 0 unspecified atom stereocenters. The maximum atomic E-state index is 12.8. The smallest absolute Gasteiger partial charge is 0.208 e. The van der Waals surface area contributed by atoms with Gasteiger partial charge in [0.1, 0.15) is 33.6 Å². The fourth-order valence-electron chi connectivity index (χ4n) is 2.79. The van der Waals surface area contributed by atoms with Crippen LogP contribution in [0, 0.1) is 0 Å². The molecule has 0 aliphatic carbocycles. The van der Waals surface area contributed by atoms with Crippen LogP contribution in [0.25, 0.3) is 21.9 Å². The van der Waals surface area contributed by atoms with Gasteiger partial charge in [0.05, 0.1) is 7.11 Å². The van der Waals surface area contributed by atoms with Crippen molar-refractivity contribution in [1.29, 1.82) is 0 Å². The van der Waals surface area contributed by atoms with Crippen LogP contribution in [0.5, 0.6) is 23.0 Å². The van der Waals surface area contributed by atoms with Crippen molar-refractivity contribution >= 4 is 21.9 Å². The van der Waals surface area contributed by atoms with Gasteiger partial charge in [-0.1, -0.05) is 11.6 Å². The second-order valence-corrected chi connectivity index (χ2v) is 6.01. The summed E-state index contributed by atoms with van der Waals surface area (Å²) in [6, 6.07) is 3.78. The zero-order valence-corrected chi connectivity index (χ0v) is 14.1. The van der Waals surface area contributed by atoms with E-state index in [9.17, 15) is 20.1 Å². The average Bonchev–Trinajstić information content (AvgIpc) is 2.56. The maximum Gasteiger partial charge on any atom is 0.208 e. The number of allylic oxidation sites excluding steroid dienone is 2. The summed E-state index contributed by atoms with van der Waals surface area (Å²) >= 11 is 0. The highest BCUT2D eigenvalue weighted by Crippen LogP contribution is 2.39. The highest BCUT2D eigenvalue weighted by atomic mass is 16.5. The topological polar surface area (TPSA) is 100 Å². The summed E-state index contributed by atoms with van der Waals surface area (Å²) in [4.78, 5) is 12.8. The van der Waals surface area contributed by atoms with Gasteiger partial charge in [-0.2, -0.15) is 0 Å². The van der Waals surface area contributed by atoms with Crippen molar-refractivity contribution in [2.24, 2.45) is 0 Å². The Kier molecular flexibility index (Phi) is 4.04. The Bertz CT molecular complexity index is 1070. The lowest BCUT2D eigenvalue weighted by Gasteiger charge is -2.13. The number of hydrogen-bond acceptors (Lipinski definition) is 6. The first-order valence-corrected chi connectivity index (χ1v) is 7.68. The lowest BCUT2D eigenvalue weighted by atomic mass is 10.0. The van der Waals surface area contributed by atoms with E-state index in [1.807, 2.05) is 19.9 Å². The number of fused-ring (bicyclic) bond motifs is 2. The molecule has 130 valence electrons. The number of ether oxygens (including phenoxy) is 1. The maximum absolute atomic E-state index is 12.8. The van der Waals surface area contributed by atoms with Gasteiger partial charge in [0.15, 0.2) is 11.3 Å². The van der Waals surface area contributed by atoms with Crippen LogP contribution in [0.2, 0.25) is 0 Å². The fraction of sp³-hybridized carbons (Fsp3) is 0.211. The van der Waals surface area contributed by atoms with E-state index in [2.05, 4.69) is 0 Å². The summed E-state index contributed by atoms with van der Waals surface area (Å²) < 4.78 is 11.1. The minimum atomic E-state index is -0.622. The Morgan fingerprint density at radius 3 is 2.36 bits per heavy atom. The lowest BCUT2D eigenvalue weighted by Crippen LogP contribution is -2.05. The molecular formula is C19H18O6. The average molecular weight is 342 g/mol. The molecule has 0 atom stereocenters. The molecule has 6 nitrogen and oxygen atoms in total. The third kappa shape index (κ3) is 2.65. The Morgan fingerprint density at radius 1 is 1.08 bits per heavy atom. The van der Waals surface area contributed by atoms with E-state index < -0.39 is 5.43 Å². The summed E-state index contributed by atoms with van der Waals surface area (Å²) in [5, 5.41) is 30.1. The minimum Gasteiger partial charge on any atom is -0.507 e. The standard InChI is InChI=1S/C19H18O6/c1-9(2)4-5-10-14(24-3)8-13(22)16-17(23)15-11(20)6-7-12(21)19(15)25-18(10)16/h4,6-8,20-22H,5H2,1-3H3. The molecule has 0 saturated heterocycles. The number of phenolic OH excluding ortho intramolecular Hbond substituents is 3. The second-order valence-electron chi connectivity index (χ2n) is 6.01. The van der Waals surface area contributed by atoms with Crippen molar-refractivity contribution < 1.29 is 24.5 Å². The molecule has 0 spiro atoms. The van der Waals surface area contributed by atoms with Crippen LogP contribution < -0.4 is 10.2 Å². The van der Waals surface area contributed by atoms with E-state index >= 15 is 0 Å². The molecule has 0 bridgehead atoms. The molecular weight excluding hydrogens is 324 g/mol. The van der Waals surface area contributed by atoms with Gasteiger partial charge in [-0.25, -0.2) is 0 Å². The molecule has 0 amide bonds. The quantitative estimate of drug-likeness (QED) is 0.382. The van der Waals surface area contributed by atoms with E-state index in [4.69, 9.17) is 9.15 Å². The van der Waals surface area contributed by atoms with E-state index in [0.717, 1.165) is 5.57 Å². The SMILES string of the molecule is COc1cc(O)c2c(=O)c3c(O)ccc(O)c3oc2c1CC=C(C)C. The third-order valence-electron chi connectivity index (χ3n) is 4.03.